The SMILES string of the molecule is CCOC(=O)c1c(C)[nH]c(C)c1C(=O)COC(=O)c1ccc(-n2nc(SC)sc2=S)cc1. The van der Waals surface area contributed by atoms with E-state index in [1.807, 2.05) is 6.26 Å². The van der Waals surface area contributed by atoms with Crippen molar-refractivity contribution in [3.8, 4) is 5.69 Å². The first-order valence-corrected chi connectivity index (χ1v) is 12.0. The molecule has 0 bridgehead atoms. The Hall–Kier alpha value is -2.76. The third-order valence-electron chi connectivity index (χ3n) is 4.52. The average Bonchev–Trinajstić information content (AvgIpc) is 3.30. The number of aromatic amines is 1. The Morgan fingerprint density at radius 2 is 1.75 bits per heavy atom. The van der Waals surface area contributed by atoms with Gasteiger partial charge in [-0.05, 0) is 63.5 Å². The van der Waals surface area contributed by atoms with Crippen molar-refractivity contribution >= 4 is 53.0 Å². The maximum absolute atomic E-state index is 12.7. The molecule has 0 spiro atoms. The standard InChI is InChI=1S/C21H21N3O5S3/c1-5-28-19(27)17-12(3)22-11(2)16(17)15(25)10-29-18(26)13-6-8-14(9-7-13)24-21(30)32-20(23-24)31-4/h6-9,22H,5,10H2,1-4H3. The third kappa shape index (κ3) is 5.00. The number of esters is 2. The molecule has 3 rings (SSSR count). The third-order valence-corrected chi connectivity index (χ3v) is 6.73. The Balaban J connectivity index is 1.71. The smallest absolute Gasteiger partial charge is 0.340 e. The van der Waals surface area contributed by atoms with Crippen LogP contribution in [-0.2, 0) is 9.47 Å². The number of carbonyl (C=O) groups is 3. The molecule has 3 aromatic rings. The number of aryl methyl sites for hydroxylation is 2. The highest BCUT2D eigenvalue weighted by molar-refractivity contribution is 8.00. The Bertz CT molecular complexity index is 1220. The number of hydrogen-bond acceptors (Lipinski definition) is 9. The minimum Gasteiger partial charge on any atom is -0.462 e. The highest BCUT2D eigenvalue weighted by atomic mass is 32.2. The van der Waals surface area contributed by atoms with Crippen molar-refractivity contribution in [2.75, 3.05) is 19.5 Å². The summed E-state index contributed by atoms with van der Waals surface area (Å²) in [5.41, 5.74) is 2.38. The number of aromatic nitrogens is 3. The normalized spacial score (nSPS) is 10.8. The van der Waals surface area contributed by atoms with Crippen molar-refractivity contribution in [1.82, 2.24) is 14.8 Å². The lowest BCUT2D eigenvalue weighted by Gasteiger charge is -2.08. The quantitative estimate of drug-likeness (QED) is 0.212. The zero-order valence-electron chi connectivity index (χ0n) is 17.9. The number of nitrogens with one attached hydrogen (secondary N) is 1. The summed E-state index contributed by atoms with van der Waals surface area (Å²) in [7, 11) is 0. The number of Topliss-reactive ketones (excluding diaryl/α,β-unsaturated/α-hetero) is 1. The minimum atomic E-state index is -0.654. The molecule has 11 heteroatoms. The molecule has 0 radical (unpaired) electrons. The summed E-state index contributed by atoms with van der Waals surface area (Å²) in [6, 6.07) is 6.57. The molecule has 0 aliphatic rings. The van der Waals surface area contributed by atoms with Gasteiger partial charge in [0.15, 0.2) is 14.9 Å². The average molecular weight is 492 g/mol. The topological polar surface area (TPSA) is 103 Å². The van der Waals surface area contributed by atoms with E-state index in [1.165, 1.54) is 23.1 Å². The second-order valence-corrected chi connectivity index (χ2v) is 9.32. The fraction of sp³-hybridized carbons (Fsp3) is 0.286. The van der Waals surface area contributed by atoms with Gasteiger partial charge in [-0.25, -0.2) is 14.3 Å². The van der Waals surface area contributed by atoms with E-state index in [-0.39, 0.29) is 23.3 Å². The fourth-order valence-corrected chi connectivity index (χ4v) is 4.90. The minimum absolute atomic E-state index is 0.166. The van der Waals surface area contributed by atoms with Gasteiger partial charge in [-0.15, -0.1) is 5.10 Å². The van der Waals surface area contributed by atoms with Gasteiger partial charge in [-0.3, -0.25) is 4.79 Å². The van der Waals surface area contributed by atoms with Crippen LogP contribution < -0.4 is 0 Å². The van der Waals surface area contributed by atoms with Crippen LogP contribution in [-0.4, -0.2) is 52.0 Å². The van der Waals surface area contributed by atoms with Gasteiger partial charge in [-0.2, -0.15) is 0 Å². The van der Waals surface area contributed by atoms with Gasteiger partial charge in [0.05, 0.1) is 29.0 Å². The number of ether oxygens (including phenoxy) is 2. The summed E-state index contributed by atoms with van der Waals surface area (Å²) >= 11 is 8.23. The second-order valence-electron chi connectivity index (χ2n) is 6.64. The van der Waals surface area contributed by atoms with Gasteiger partial charge < -0.3 is 14.5 Å². The largest absolute Gasteiger partial charge is 0.462 e. The van der Waals surface area contributed by atoms with Gasteiger partial charge in [0.1, 0.15) is 0 Å². The number of thioether (sulfide) groups is 1. The Morgan fingerprint density at radius 1 is 1.09 bits per heavy atom. The van der Waals surface area contributed by atoms with Crippen LogP contribution in [0, 0.1) is 17.8 Å². The van der Waals surface area contributed by atoms with E-state index < -0.39 is 24.3 Å². The zero-order chi connectivity index (χ0) is 23.4. The van der Waals surface area contributed by atoms with Gasteiger partial charge >= 0.3 is 11.9 Å². The van der Waals surface area contributed by atoms with Gasteiger partial charge in [0.2, 0.25) is 5.78 Å². The molecule has 0 saturated carbocycles. The van der Waals surface area contributed by atoms with E-state index in [0.29, 0.717) is 15.3 Å². The molecular weight excluding hydrogens is 470 g/mol. The molecule has 168 valence electrons. The number of H-pyrrole nitrogens is 1. The molecule has 0 fully saturated rings. The molecule has 32 heavy (non-hydrogen) atoms. The maximum atomic E-state index is 12.7. The van der Waals surface area contributed by atoms with E-state index >= 15 is 0 Å². The number of rotatable bonds is 8. The van der Waals surface area contributed by atoms with Crippen LogP contribution in [0.3, 0.4) is 0 Å². The molecule has 2 aromatic heterocycles. The van der Waals surface area contributed by atoms with Crippen molar-refractivity contribution in [2.24, 2.45) is 0 Å². The molecule has 0 saturated heterocycles. The molecule has 0 aliphatic carbocycles. The lowest BCUT2D eigenvalue weighted by Crippen LogP contribution is -2.18. The van der Waals surface area contributed by atoms with Crippen LogP contribution in [0.25, 0.3) is 5.69 Å². The molecule has 0 aliphatic heterocycles. The van der Waals surface area contributed by atoms with Crippen molar-refractivity contribution < 1.29 is 23.9 Å². The Kier molecular flexibility index (Phi) is 7.64. The lowest BCUT2D eigenvalue weighted by atomic mass is 10.1. The second kappa shape index (κ2) is 10.2. The van der Waals surface area contributed by atoms with Crippen LogP contribution in [0.2, 0.25) is 0 Å². The van der Waals surface area contributed by atoms with Crippen LogP contribution >= 0.6 is 35.3 Å². The van der Waals surface area contributed by atoms with Crippen molar-refractivity contribution in [3.63, 3.8) is 0 Å². The molecule has 8 nitrogen and oxygen atoms in total. The molecule has 0 amide bonds. The van der Waals surface area contributed by atoms with E-state index in [9.17, 15) is 14.4 Å². The number of carbonyl (C=O) groups excluding carboxylic acids is 3. The first-order chi connectivity index (χ1) is 15.3. The summed E-state index contributed by atoms with van der Waals surface area (Å²) < 4.78 is 13.3. The first kappa shape index (κ1) is 23.9. The Labute approximate surface area is 197 Å². The highest BCUT2D eigenvalue weighted by Crippen LogP contribution is 2.23. The van der Waals surface area contributed by atoms with Crippen LogP contribution in [0.5, 0.6) is 0 Å². The van der Waals surface area contributed by atoms with Crippen molar-refractivity contribution in [2.45, 2.75) is 25.1 Å². The summed E-state index contributed by atoms with van der Waals surface area (Å²) in [4.78, 5) is 40.4. The zero-order valence-corrected chi connectivity index (χ0v) is 20.3. The van der Waals surface area contributed by atoms with Crippen molar-refractivity contribution in [3.05, 3.63) is 56.3 Å². The monoisotopic (exact) mass is 491 g/mol. The lowest BCUT2D eigenvalue weighted by molar-refractivity contribution is 0.0472. The van der Waals surface area contributed by atoms with Crippen LogP contribution in [0.1, 0.15) is 49.4 Å². The van der Waals surface area contributed by atoms with Gasteiger partial charge in [-0.1, -0.05) is 23.1 Å². The van der Waals surface area contributed by atoms with Crippen LogP contribution in [0.4, 0.5) is 0 Å². The highest BCUT2D eigenvalue weighted by Gasteiger charge is 2.26. The van der Waals surface area contributed by atoms with E-state index in [4.69, 9.17) is 21.7 Å². The Morgan fingerprint density at radius 3 is 2.34 bits per heavy atom. The van der Waals surface area contributed by atoms with Crippen molar-refractivity contribution in [1.29, 1.82) is 0 Å². The van der Waals surface area contributed by atoms with E-state index in [1.54, 1.807) is 49.7 Å². The molecular formula is C21H21N3O5S3. The predicted molar refractivity (Wildman–Crippen MR) is 125 cm³/mol. The first-order valence-electron chi connectivity index (χ1n) is 9.58. The number of nitrogens with zero attached hydrogens (tertiary/aromatic N) is 2. The number of ketones is 1. The number of benzene rings is 1. The van der Waals surface area contributed by atoms with Gasteiger partial charge in [0, 0.05) is 11.4 Å². The summed E-state index contributed by atoms with van der Waals surface area (Å²) in [6.07, 6.45) is 1.92. The maximum Gasteiger partial charge on any atom is 0.340 e. The summed E-state index contributed by atoms with van der Waals surface area (Å²) in [6.45, 7) is 4.73. The molecule has 1 aromatic carbocycles. The number of hydrogen-bond donors (Lipinski definition) is 1. The predicted octanol–water partition coefficient (Wildman–Crippen LogP) is 4.55. The summed E-state index contributed by atoms with van der Waals surface area (Å²) in [5.74, 6) is -1.73. The molecule has 0 unspecified atom stereocenters. The van der Waals surface area contributed by atoms with E-state index in [0.717, 1.165) is 10.0 Å². The van der Waals surface area contributed by atoms with E-state index in [2.05, 4.69) is 10.1 Å². The fourth-order valence-electron chi connectivity index (χ4n) is 3.12. The molecule has 2 heterocycles. The van der Waals surface area contributed by atoms with Gasteiger partial charge in [0.25, 0.3) is 0 Å². The summed E-state index contributed by atoms with van der Waals surface area (Å²) in [5, 5.41) is 4.40. The van der Waals surface area contributed by atoms with Crippen LogP contribution in [0.15, 0.2) is 28.6 Å². The molecule has 1 N–H and O–H groups in total. The molecule has 0 atom stereocenters.